The lowest BCUT2D eigenvalue weighted by atomic mass is 10.1. The van der Waals surface area contributed by atoms with E-state index in [9.17, 15) is 9.59 Å². The first kappa shape index (κ1) is 25.9. The number of allylic oxidation sites excluding steroid dienone is 2. The van der Waals surface area contributed by atoms with E-state index in [4.69, 9.17) is 4.74 Å². The van der Waals surface area contributed by atoms with Crippen LogP contribution in [0.3, 0.4) is 0 Å². The van der Waals surface area contributed by atoms with Gasteiger partial charge < -0.3 is 10.1 Å². The van der Waals surface area contributed by atoms with Crippen LogP contribution in [-0.2, 0) is 9.53 Å². The molecule has 0 atom stereocenters. The molecule has 4 nitrogen and oxygen atoms in total. The molecule has 0 spiro atoms. The number of carbonyl (C=O) groups excluding carboxylic acids is 2. The smallest absolute Gasteiger partial charge is 0.313 e. The number of ether oxygens (including phenoxy) is 1. The van der Waals surface area contributed by atoms with Crippen LogP contribution in [0.15, 0.2) is 36.4 Å². The van der Waals surface area contributed by atoms with Gasteiger partial charge in [-0.2, -0.15) is 0 Å². The Balaban J connectivity index is 2.10. The highest BCUT2D eigenvalue weighted by atomic mass is 16.5. The largest absolute Gasteiger partial charge is 0.466 e. The second-order valence-corrected chi connectivity index (χ2v) is 7.79. The lowest BCUT2D eigenvalue weighted by molar-refractivity contribution is -0.141. The number of ketones is 1. The fraction of sp³-hybridized carbons (Fsp3) is 0.615. The summed E-state index contributed by atoms with van der Waals surface area (Å²) in [6.45, 7) is 5.15. The molecule has 30 heavy (non-hydrogen) atoms. The van der Waals surface area contributed by atoms with Crippen molar-refractivity contribution in [1.29, 1.82) is 0 Å². The van der Waals surface area contributed by atoms with Crippen LogP contribution in [0.1, 0.15) is 101 Å². The Labute approximate surface area is 183 Å². The van der Waals surface area contributed by atoms with Gasteiger partial charge in [0.2, 0.25) is 0 Å². The van der Waals surface area contributed by atoms with Crippen LogP contribution in [0.2, 0.25) is 0 Å². The third-order valence-electron chi connectivity index (χ3n) is 5.06. The highest BCUT2D eigenvalue weighted by molar-refractivity contribution is 6.06. The maximum atomic E-state index is 12.1. The molecule has 1 N–H and O–H groups in total. The number of hydrogen-bond acceptors (Lipinski definition) is 4. The Kier molecular flexibility index (Phi) is 15.3. The molecule has 0 aromatic heterocycles. The number of unbranched alkanes of at least 4 members (excludes halogenated alkanes) is 9. The van der Waals surface area contributed by atoms with Crippen molar-refractivity contribution < 1.29 is 14.3 Å². The number of benzene rings is 1. The second kappa shape index (κ2) is 17.7. The first-order valence-electron chi connectivity index (χ1n) is 11.8. The molecule has 0 saturated carbocycles. The Morgan fingerprint density at radius 2 is 1.57 bits per heavy atom. The molecule has 0 aliphatic carbocycles. The van der Waals surface area contributed by atoms with E-state index in [0.717, 1.165) is 25.1 Å². The lowest BCUT2D eigenvalue weighted by Crippen LogP contribution is -2.11. The van der Waals surface area contributed by atoms with Gasteiger partial charge in [0, 0.05) is 17.8 Å². The Hall–Kier alpha value is -2.10. The van der Waals surface area contributed by atoms with Crippen molar-refractivity contribution in [2.75, 3.05) is 18.5 Å². The Bertz CT molecular complexity index is 624. The number of carbonyl (C=O) groups is 2. The van der Waals surface area contributed by atoms with Crippen molar-refractivity contribution in [3.8, 4) is 0 Å². The van der Waals surface area contributed by atoms with Gasteiger partial charge in [-0.3, -0.25) is 9.59 Å². The maximum absolute atomic E-state index is 12.1. The minimum absolute atomic E-state index is 0.207. The molecule has 1 aromatic rings. The Morgan fingerprint density at radius 3 is 2.27 bits per heavy atom. The number of esters is 1. The van der Waals surface area contributed by atoms with Crippen molar-refractivity contribution in [3.63, 3.8) is 0 Å². The van der Waals surface area contributed by atoms with Gasteiger partial charge in [0.25, 0.3) is 0 Å². The van der Waals surface area contributed by atoms with E-state index in [-0.39, 0.29) is 12.2 Å². The van der Waals surface area contributed by atoms with Gasteiger partial charge in [0.05, 0.1) is 6.61 Å². The highest BCUT2D eigenvalue weighted by Crippen LogP contribution is 2.13. The molecule has 0 heterocycles. The number of anilines is 1. The minimum Gasteiger partial charge on any atom is -0.466 e. The van der Waals surface area contributed by atoms with Crippen LogP contribution < -0.4 is 5.32 Å². The molecule has 0 aliphatic heterocycles. The van der Waals surface area contributed by atoms with Crippen LogP contribution in [0.4, 0.5) is 5.69 Å². The summed E-state index contributed by atoms with van der Waals surface area (Å²) in [4.78, 5) is 23.6. The van der Waals surface area contributed by atoms with Crippen molar-refractivity contribution in [3.05, 3.63) is 42.0 Å². The van der Waals surface area contributed by atoms with Gasteiger partial charge in [-0.15, -0.1) is 0 Å². The summed E-state index contributed by atoms with van der Waals surface area (Å²) in [6.07, 6.45) is 18.6. The monoisotopic (exact) mass is 415 g/mol. The number of rotatable bonds is 18. The van der Waals surface area contributed by atoms with E-state index >= 15 is 0 Å². The third-order valence-corrected chi connectivity index (χ3v) is 5.06. The van der Waals surface area contributed by atoms with E-state index in [2.05, 4.69) is 24.4 Å². The first-order valence-corrected chi connectivity index (χ1v) is 11.8. The molecule has 0 amide bonds. The van der Waals surface area contributed by atoms with Crippen molar-refractivity contribution in [2.45, 2.75) is 90.9 Å². The molecule has 1 aromatic carbocycles. The third kappa shape index (κ3) is 13.2. The molecule has 0 saturated heterocycles. The quantitative estimate of drug-likeness (QED) is 0.0913. The number of Topliss-reactive ketones (excluding diaryl/α,β-unsaturated/α-hetero) is 1. The van der Waals surface area contributed by atoms with Crippen LogP contribution in [0.5, 0.6) is 0 Å². The van der Waals surface area contributed by atoms with E-state index in [1.54, 1.807) is 19.1 Å². The van der Waals surface area contributed by atoms with Crippen LogP contribution >= 0.6 is 0 Å². The highest BCUT2D eigenvalue weighted by Gasteiger charge is 2.12. The summed E-state index contributed by atoms with van der Waals surface area (Å²) in [6, 6.07) is 7.32. The van der Waals surface area contributed by atoms with Gasteiger partial charge in [-0.25, -0.2) is 0 Å². The summed E-state index contributed by atoms with van der Waals surface area (Å²) in [5, 5.41) is 3.36. The number of hydrogen-bond donors (Lipinski definition) is 1. The molecule has 0 radical (unpaired) electrons. The average molecular weight is 416 g/mol. The molecule has 4 heteroatoms. The summed E-state index contributed by atoms with van der Waals surface area (Å²) >= 11 is 0. The molecule has 0 fully saturated rings. The molecular weight excluding hydrogens is 374 g/mol. The normalized spacial score (nSPS) is 11.0. The zero-order valence-electron chi connectivity index (χ0n) is 19.1. The molecule has 0 bridgehead atoms. The van der Waals surface area contributed by atoms with Gasteiger partial charge in [0.15, 0.2) is 5.78 Å². The molecule has 0 unspecified atom stereocenters. The summed E-state index contributed by atoms with van der Waals surface area (Å²) in [5.74, 6) is -0.680. The fourth-order valence-corrected chi connectivity index (χ4v) is 3.33. The molecule has 168 valence electrons. The van der Waals surface area contributed by atoms with Crippen LogP contribution in [-0.4, -0.2) is 24.9 Å². The average Bonchev–Trinajstić information content (AvgIpc) is 2.74. The van der Waals surface area contributed by atoms with E-state index in [1.807, 2.05) is 12.1 Å². The summed E-state index contributed by atoms with van der Waals surface area (Å²) in [5.41, 5.74) is 1.45. The van der Waals surface area contributed by atoms with Crippen molar-refractivity contribution in [1.82, 2.24) is 0 Å². The zero-order chi connectivity index (χ0) is 21.9. The Morgan fingerprint density at radius 1 is 0.900 bits per heavy atom. The topological polar surface area (TPSA) is 55.4 Å². The van der Waals surface area contributed by atoms with E-state index < -0.39 is 5.97 Å². The van der Waals surface area contributed by atoms with E-state index in [0.29, 0.717) is 12.2 Å². The van der Waals surface area contributed by atoms with Crippen LogP contribution in [0.25, 0.3) is 0 Å². The fourth-order valence-electron chi connectivity index (χ4n) is 3.33. The maximum Gasteiger partial charge on any atom is 0.313 e. The standard InChI is InChI=1S/C26H41NO3/c1-3-5-6-7-8-9-10-11-12-13-14-15-16-20-27-24-19-17-18-23(21-24)25(28)22-26(29)30-4-2/h13-14,17-19,21,27H,3-12,15-16,20,22H2,1-2H3/b14-13+. The first-order chi connectivity index (χ1) is 14.7. The van der Waals surface area contributed by atoms with Gasteiger partial charge in [0.1, 0.15) is 6.42 Å². The van der Waals surface area contributed by atoms with Gasteiger partial charge in [-0.05, 0) is 44.7 Å². The predicted molar refractivity (Wildman–Crippen MR) is 126 cm³/mol. The minimum atomic E-state index is -0.473. The molecular formula is C26H41NO3. The lowest BCUT2D eigenvalue weighted by Gasteiger charge is -2.07. The van der Waals surface area contributed by atoms with Crippen molar-refractivity contribution in [2.24, 2.45) is 0 Å². The number of nitrogens with one attached hydrogen (secondary N) is 1. The van der Waals surface area contributed by atoms with Crippen molar-refractivity contribution >= 4 is 17.4 Å². The summed E-state index contributed by atoms with van der Waals surface area (Å²) < 4.78 is 4.84. The second-order valence-electron chi connectivity index (χ2n) is 7.79. The molecule has 1 rings (SSSR count). The predicted octanol–water partition coefficient (Wildman–Crippen LogP) is 7.10. The van der Waals surface area contributed by atoms with Gasteiger partial charge >= 0.3 is 5.97 Å². The summed E-state index contributed by atoms with van der Waals surface area (Å²) in [7, 11) is 0. The SMILES string of the molecule is CCCCCCCCCC/C=C/CCCNc1cccc(C(=O)CC(=O)OCC)c1. The van der Waals surface area contributed by atoms with E-state index in [1.165, 1.54) is 57.8 Å². The zero-order valence-corrected chi connectivity index (χ0v) is 19.1. The molecule has 0 aliphatic rings. The van der Waals surface area contributed by atoms with Gasteiger partial charge in [-0.1, -0.05) is 76.2 Å². The van der Waals surface area contributed by atoms with Crippen LogP contribution in [0, 0.1) is 0 Å².